The number of rotatable bonds is 4. The average molecular weight is 431 g/mol. The van der Waals surface area contributed by atoms with E-state index in [0.717, 1.165) is 36.0 Å². The van der Waals surface area contributed by atoms with Gasteiger partial charge < -0.3 is 10.2 Å². The topological polar surface area (TPSA) is 49.4 Å². The van der Waals surface area contributed by atoms with Crippen LogP contribution >= 0.6 is 15.9 Å². The quantitative estimate of drug-likeness (QED) is 0.709. The Morgan fingerprint density at radius 1 is 1.19 bits per heavy atom. The maximum absolute atomic E-state index is 13.8. The van der Waals surface area contributed by atoms with Gasteiger partial charge in [0.15, 0.2) is 0 Å². The van der Waals surface area contributed by atoms with Gasteiger partial charge in [-0.15, -0.1) is 0 Å². The molecular weight excluding hydrogens is 411 g/mol. The van der Waals surface area contributed by atoms with Gasteiger partial charge in [0.2, 0.25) is 5.91 Å². The predicted molar refractivity (Wildman–Crippen MR) is 108 cm³/mol. The van der Waals surface area contributed by atoms with E-state index in [1.807, 2.05) is 13.0 Å². The van der Waals surface area contributed by atoms with Crippen molar-refractivity contribution in [2.24, 2.45) is 0 Å². The summed E-state index contributed by atoms with van der Waals surface area (Å²) < 4.78 is 14.5. The summed E-state index contributed by atoms with van der Waals surface area (Å²) >= 11 is 3.28. The average Bonchev–Trinajstić information content (AvgIpc) is 3.18. The van der Waals surface area contributed by atoms with Crippen LogP contribution in [0.3, 0.4) is 0 Å². The van der Waals surface area contributed by atoms with E-state index in [4.69, 9.17) is 0 Å². The summed E-state index contributed by atoms with van der Waals surface area (Å²) in [5, 5.41) is 2.78. The highest BCUT2D eigenvalue weighted by Gasteiger charge is 2.23. The SMILES string of the molecule is Cc1cccc(C(=O)N2CCCC2)c1NC(=O)/C=C/c1cc(Br)ccc1F. The molecule has 4 nitrogen and oxygen atoms in total. The van der Waals surface area contributed by atoms with Crippen LogP contribution in [-0.4, -0.2) is 29.8 Å². The molecule has 1 saturated heterocycles. The van der Waals surface area contributed by atoms with E-state index >= 15 is 0 Å². The van der Waals surface area contributed by atoms with Gasteiger partial charge in [0.25, 0.3) is 5.91 Å². The zero-order valence-electron chi connectivity index (χ0n) is 15.0. The van der Waals surface area contributed by atoms with Crippen LogP contribution in [-0.2, 0) is 4.79 Å². The van der Waals surface area contributed by atoms with Crippen molar-refractivity contribution < 1.29 is 14.0 Å². The zero-order valence-corrected chi connectivity index (χ0v) is 16.6. The minimum Gasteiger partial charge on any atom is -0.339 e. The molecule has 0 aromatic heterocycles. The third kappa shape index (κ3) is 4.63. The highest BCUT2D eigenvalue weighted by molar-refractivity contribution is 9.10. The van der Waals surface area contributed by atoms with Gasteiger partial charge in [0.05, 0.1) is 11.3 Å². The molecule has 0 unspecified atom stereocenters. The number of anilines is 1. The molecule has 0 radical (unpaired) electrons. The lowest BCUT2D eigenvalue weighted by molar-refractivity contribution is -0.111. The Hall–Kier alpha value is -2.47. The van der Waals surface area contributed by atoms with Crippen molar-refractivity contribution in [1.82, 2.24) is 4.90 Å². The lowest BCUT2D eigenvalue weighted by Crippen LogP contribution is -2.29. The van der Waals surface area contributed by atoms with E-state index < -0.39 is 11.7 Å². The molecule has 1 aliphatic heterocycles. The largest absolute Gasteiger partial charge is 0.339 e. The van der Waals surface area contributed by atoms with Gasteiger partial charge in [-0.1, -0.05) is 28.1 Å². The minimum absolute atomic E-state index is 0.0755. The van der Waals surface area contributed by atoms with Gasteiger partial charge in [-0.3, -0.25) is 9.59 Å². The molecule has 0 atom stereocenters. The number of para-hydroxylation sites is 1. The monoisotopic (exact) mass is 430 g/mol. The third-order valence-electron chi connectivity index (χ3n) is 4.52. The van der Waals surface area contributed by atoms with Crippen LogP contribution in [0.2, 0.25) is 0 Å². The van der Waals surface area contributed by atoms with E-state index in [1.165, 1.54) is 18.2 Å². The lowest BCUT2D eigenvalue weighted by atomic mass is 10.1. The Kier molecular flexibility index (Phi) is 6.06. The first-order valence-electron chi connectivity index (χ1n) is 8.79. The highest BCUT2D eigenvalue weighted by Crippen LogP contribution is 2.24. The highest BCUT2D eigenvalue weighted by atomic mass is 79.9. The van der Waals surface area contributed by atoms with Gasteiger partial charge in [-0.25, -0.2) is 4.39 Å². The van der Waals surface area contributed by atoms with Crippen molar-refractivity contribution >= 4 is 39.5 Å². The number of carbonyl (C=O) groups is 2. The zero-order chi connectivity index (χ0) is 19.4. The van der Waals surface area contributed by atoms with E-state index in [0.29, 0.717) is 16.8 Å². The molecule has 1 fully saturated rings. The number of aryl methyl sites for hydroxylation is 1. The smallest absolute Gasteiger partial charge is 0.255 e. The molecule has 2 aromatic carbocycles. The Bertz CT molecular complexity index is 905. The summed E-state index contributed by atoms with van der Waals surface area (Å²) in [6, 6.07) is 9.89. The molecule has 1 heterocycles. The van der Waals surface area contributed by atoms with Crippen molar-refractivity contribution in [3.05, 3.63) is 69.5 Å². The molecule has 2 aromatic rings. The van der Waals surface area contributed by atoms with E-state index in [9.17, 15) is 14.0 Å². The second-order valence-corrected chi connectivity index (χ2v) is 7.40. The van der Waals surface area contributed by atoms with Crippen LogP contribution in [0.1, 0.15) is 34.3 Å². The predicted octanol–water partition coefficient (Wildman–Crippen LogP) is 4.78. The van der Waals surface area contributed by atoms with Crippen molar-refractivity contribution in [3.8, 4) is 0 Å². The maximum Gasteiger partial charge on any atom is 0.255 e. The fourth-order valence-electron chi connectivity index (χ4n) is 3.08. The number of hydrogen-bond acceptors (Lipinski definition) is 2. The molecule has 0 saturated carbocycles. The minimum atomic E-state index is -0.417. The number of likely N-dealkylation sites (tertiary alicyclic amines) is 1. The van der Waals surface area contributed by atoms with Crippen molar-refractivity contribution in [2.45, 2.75) is 19.8 Å². The summed E-state index contributed by atoms with van der Waals surface area (Å²) in [5.74, 6) is -0.907. The Balaban J connectivity index is 1.80. The fraction of sp³-hybridized carbons (Fsp3) is 0.238. The maximum atomic E-state index is 13.8. The molecule has 3 rings (SSSR count). The Morgan fingerprint density at radius 3 is 2.67 bits per heavy atom. The molecule has 1 aliphatic rings. The van der Waals surface area contributed by atoms with Gasteiger partial charge in [0, 0.05) is 29.2 Å². The van der Waals surface area contributed by atoms with Crippen LogP contribution in [0.4, 0.5) is 10.1 Å². The summed E-state index contributed by atoms with van der Waals surface area (Å²) in [5.41, 5.74) is 2.08. The Labute approximate surface area is 166 Å². The van der Waals surface area contributed by atoms with Crippen molar-refractivity contribution in [1.29, 1.82) is 0 Å². The van der Waals surface area contributed by atoms with Crippen LogP contribution in [0.15, 0.2) is 46.9 Å². The molecule has 27 heavy (non-hydrogen) atoms. The lowest BCUT2D eigenvalue weighted by Gasteiger charge is -2.19. The van der Waals surface area contributed by atoms with Crippen LogP contribution < -0.4 is 5.32 Å². The third-order valence-corrected chi connectivity index (χ3v) is 5.01. The first-order valence-corrected chi connectivity index (χ1v) is 9.58. The molecular formula is C21H20BrFN2O2. The standard InChI is InChI=1S/C21H20BrFN2O2/c1-14-5-4-6-17(21(27)25-11-2-3-12-25)20(14)24-19(26)10-7-15-13-16(22)8-9-18(15)23/h4-10,13H,2-3,11-12H2,1H3,(H,24,26)/b10-7+. The van der Waals surface area contributed by atoms with Gasteiger partial charge in [0.1, 0.15) is 5.82 Å². The van der Waals surface area contributed by atoms with Crippen molar-refractivity contribution in [2.75, 3.05) is 18.4 Å². The molecule has 1 N–H and O–H groups in total. The fourth-order valence-corrected chi connectivity index (χ4v) is 3.45. The number of hydrogen-bond donors (Lipinski definition) is 1. The summed E-state index contributed by atoms with van der Waals surface area (Å²) in [4.78, 5) is 26.9. The van der Waals surface area contributed by atoms with Gasteiger partial charge in [-0.05, 0) is 55.7 Å². The number of halogens is 2. The summed E-state index contributed by atoms with van der Waals surface area (Å²) in [6.45, 7) is 3.32. The Morgan fingerprint density at radius 2 is 1.93 bits per heavy atom. The second kappa shape index (κ2) is 8.48. The van der Waals surface area contributed by atoms with E-state index in [1.54, 1.807) is 29.2 Å². The number of benzene rings is 2. The molecule has 140 valence electrons. The molecule has 0 aliphatic carbocycles. The molecule has 0 spiro atoms. The van der Waals surface area contributed by atoms with E-state index in [2.05, 4.69) is 21.2 Å². The second-order valence-electron chi connectivity index (χ2n) is 6.49. The summed E-state index contributed by atoms with van der Waals surface area (Å²) in [7, 11) is 0. The van der Waals surface area contributed by atoms with Crippen molar-refractivity contribution in [3.63, 3.8) is 0 Å². The molecule has 2 amide bonds. The van der Waals surface area contributed by atoms with Crippen LogP contribution in [0.25, 0.3) is 6.08 Å². The normalized spacial score (nSPS) is 14.0. The first kappa shape index (κ1) is 19.3. The number of nitrogens with zero attached hydrogens (tertiary/aromatic N) is 1. The molecule has 0 bridgehead atoms. The van der Waals surface area contributed by atoms with Crippen LogP contribution in [0, 0.1) is 12.7 Å². The van der Waals surface area contributed by atoms with Gasteiger partial charge >= 0.3 is 0 Å². The van der Waals surface area contributed by atoms with E-state index in [-0.39, 0.29) is 5.91 Å². The first-order chi connectivity index (χ1) is 13.0. The number of amides is 2. The number of carbonyl (C=O) groups excluding carboxylic acids is 2. The van der Waals surface area contributed by atoms with Crippen LogP contribution in [0.5, 0.6) is 0 Å². The number of nitrogens with one attached hydrogen (secondary N) is 1. The van der Waals surface area contributed by atoms with Gasteiger partial charge in [-0.2, -0.15) is 0 Å². The molecule has 6 heteroatoms. The summed E-state index contributed by atoms with van der Waals surface area (Å²) in [6.07, 6.45) is 4.68.